The van der Waals surface area contributed by atoms with E-state index in [2.05, 4.69) is 5.32 Å². The summed E-state index contributed by atoms with van der Waals surface area (Å²) in [5.74, 6) is -0.621. The van der Waals surface area contributed by atoms with Gasteiger partial charge in [0.25, 0.3) is 10.0 Å². The van der Waals surface area contributed by atoms with Crippen molar-refractivity contribution in [2.24, 2.45) is 0 Å². The van der Waals surface area contributed by atoms with Gasteiger partial charge in [0.1, 0.15) is 18.3 Å². The van der Waals surface area contributed by atoms with Crippen LogP contribution >= 0.6 is 34.8 Å². The summed E-state index contributed by atoms with van der Waals surface area (Å²) < 4.78 is 34.9. The zero-order valence-corrected chi connectivity index (χ0v) is 27.0. The Morgan fingerprint density at radius 3 is 2.30 bits per heavy atom. The van der Waals surface area contributed by atoms with Crippen LogP contribution in [0.2, 0.25) is 15.1 Å². The lowest BCUT2D eigenvalue weighted by molar-refractivity contribution is -0.139. The summed E-state index contributed by atoms with van der Waals surface area (Å²) in [5, 5.41) is 4.06. The Balaban J connectivity index is 1.73. The summed E-state index contributed by atoms with van der Waals surface area (Å²) in [7, 11) is -4.28. The van der Waals surface area contributed by atoms with Gasteiger partial charge in [-0.1, -0.05) is 65.8 Å². The average molecular weight is 667 g/mol. The second-order valence-electron chi connectivity index (χ2n) is 10.3. The standard InChI is InChI=1S/C31H34Cl3N3O5S/c1-3-42-29-11-7-6-10-28(29)37(43(40,41)25-15-13-23(32)14-16-25)20-30(38)36(19-22-12-17-26(33)27(34)18-22)21(2)31(39)35-24-8-4-5-9-24/h6-7,10-18,21,24H,3-5,8-9,19-20H2,1-2H3,(H,35,39)/t21-/m1/s1. The number of carbonyl (C=O) groups excluding carboxylic acids is 2. The fourth-order valence-corrected chi connectivity index (χ4v) is 6.87. The van der Waals surface area contributed by atoms with Gasteiger partial charge in [-0.15, -0.1) is 0 Å². The quantitative estimate of drug-likeness (QED) is 0.232. The van der Waals surface area contributed by atoms with E-state index in [4.69, 9.17) is 39.5 Å². The van der Waals surface area contributed by atoms with Crippen molar-refractivity contribution in [3.8, 4) is 5.75 Å². The average Bonchev–Trinajstić information content (AvgIpc) is 3.50. The smallest absolute Gasteiger partial charge is 0.264 e. The third-order valence-corrected chi connectivity index (χ3v) is 10.1. The van der Waals surface area contributed by atoms with Crippen LogP contribution in [0.25, 0.3) is 0 Å². The number of para-hydroxylation sites is 2. The highest BCUT2D eigenvalue weighted by Gasteiger charge is 2.34. The zero-order valence-electron chi connectivity index (χ0n) is 23.9. The fraction of sp³-hybridized carbons (Fsp3) is 0.355. The summed E-state index contributed by atoms with van der Waals surface area (Å²) in [6, 6.07) is 16.4. The molecule has 3 aromatic carbocycles. The van der Waals surface area contributed by atoms with E-state index in [1.54, 1.807) is 56.3 Å². The maximum atomic E-state index is 14.2. The number of amides is 2. The predicted octanol–water partition coefficient (Wildman–Crippen LogP) is 6.72. The van der Waals surface area contributed by atoms with Crippen molar-refractivity contribution >= 4 is 62.3 Å². The van der Waals surface area contributed by atoms with Gasteiger partial charge in [-0.25, -0.2) is 8.42 Å². The minimum Gasteiger partial charge on any atom is -0.492 e. The molecule has 1 fully saturated rings. The van der Waals surface area contributed by atoms with Gasteiger partial charge in [0, 0.05) is 17.6 Å². The summed E-state index contributed by atoms with van der Waals surface area (Å²) in [6.07, 6.45) is 3.81. The molecule has 1 aliphatic rings. The molecule has 0 saturated heterocycles. The van der Waals surface area contributed by atoms with Crippen LogP contribution in [0.15, 0.2) is 71.6 Å². The molecule has 8 nitrogen and oxygen atoms in total. The van der Waals surface area contributed by atoms with E-state index in [-0.39, 0.29) is 35.7 Å². The van der Waals surface area contributed by atoms with E-state index in [1.807, 2.05) is 0 Å². The number of ether oxygens (including phenoxy) is 1. The molecule has 3 aromatic rings. The molecule has 0 radical (unpaired) electrons. The molecule has 0 aliphatic heterocycles. The van der Waals surface area contributed by atoms with Crippen molar-refractivity contribution in [3.05, 3.63) is 87.4 Å². The second-order valence-corrected chi connectivity index (χ2v) is 13.4. The minimum atomic E-state index is -4.28. The van der Waals surface area contributed by atoms with Gasteiger partial charge in [0.15, 0.2) is 0 Å². The molecule has 1 atom stereocenters. The first-order chi connectivity index (χ1) is 20.5. The van der Waals surface area contributed by atoms with Gasteiger partial charge >= 0.3 is 0 Å². The highest BCUT2D eigenvalue weighted by molar-refractivity contribution is 7.92. The molecule has 1 saturated carbocycles. The van der Waals surface area contributed by atoms with Crippen LogP contribution in [0.5, 0.6) is 5.75 Å². The van der Waals surface area contributed by atoms with E-state index < -0.39 is 28.5 Å². The molecule has 12 heteroatoms. The second kappa shape index (κ2) is 14.7. The molecule has 2 amide bonds. The SMILES string of the molecule is CCOc1ccccc1N(CC(=O)N(Cc1ccc(Cl)c(Cl)c1)[C@H](C)C(=O)NC1CCCC1)S(=O)(=O)c1ccc(Cl)cc1. The molecule has 0 unspecified atom stereocenters. The van der Waals surface area contributed by atoms with Gasteiger partial charge in [-0.05, 0) is 80.8 Å². The van der Waals surface area contributed by atoms with Crippen molar-refractivity contribution in [2.45, 2.75) is 63.1 Å². The Morgan fingerprint density at radius 1 is 0.977 bits per heavy atom. The maximum Gasteiger partial charge on any atom is 0.264 e. The molecule has 0 spiro atoms. The number of nitrogens with zero attached hydrogens (tertiary/aromatic N) is 2. The Morgan fingerprint density at radius 2 is 1.65 bits per heavy atom. The number of nitrogens with one attached hydrogen (secondary N) is 1. The molecule has 0 bridgehead atoms. The van der Waals surface area contributed by atoms with Crippen LogP contribution in [-0.4, -0.2) is 50.4 Å². The van der Waals surface area contributed by atoms with Crippen molar-refractivity contribution in [1.29, 1.82) is 0 Å². The van der Waals surface area contributed by atoms with E-state index in [0.717, 1.165) is 30.0 Å². The largest absolute Gasteiger partial charge is 0.492 e. The zero-order chi connectivity index (χ0) is 31.1. The van der Waals surface area contributed by atoms with E-state index in [1.165, 1.54) is 29.2 Å². The number of hydrogen-bond acceptors (Lipinski definition) is 5. The number of benzene rings is 3. The Bertz CT molecular complexity index is 1550. The minimum absolute atomic E-state index is 0.00306. The van der Waals surface area contributed by atoms with E-state index in [9.17, 15) is 18.0 Å². The molecular weight excluding hydrogens is 633 g/mol. The van der Waals surface area contributed by atoms with Crippen LogP contribution in [0.4, 0.5) is 5.69 Å². The van der Waals surface area contributed by atoms with Gasteiger partial charge in [-0.3, -0.25) is 13.9 Å². The summed E-state index contributed by atoms with van der Waals surface area (Å²) in [4.78, 5) is 28.9. The molecule has 230 valence electrons. The normalized spacial score (nSPS) is 14.3. The van der Waals surface area contributed by atoms with Gasteiger partial charge in [0.05, 0.1) is 27.2 Å². The lowest BCUT2D eigenvalue weighted by Crippen LogP contribution is -2.52. The summed E-state index contributed by atoms with van der Waals surface area (Å²) in [6.45, 7) is 3.09. The number of sulfonamides is 1. The van der Waals surface area contributed by atoms with E-state index in [0.29, 0.717) is 26.4 Å². The topological polar surface area (TPSA) is 96.0 Å². The molecule has 0 aromatic heterocycles. The Kier molecular flexibility index (Phi) is 11.2. The predicted molar refractivity (Wildman–Crippen MR) is 170 cm³/mol. The van der Waals surface area contributed by atoms with Crippen LogP contribution < -0.4 is 14.4 Å². The van der Waals surface area contributed by atoms with Gasteiger partial charge in [-0.2, -0.15) is 0 Å². The number of anilines is 1. The molecule has 43 heavy (non-hydrogen) atoms. The summed E-state index contributed by atoms with van der Waals surface area (Å²) in [5.41, 5.74) is 0.815. The molecule has 4 rings (SSSR count). The monoisotopic (exact) mass is 665 g/mol. The molecule has 1 N–H and O–H groups in total. The first-order valence-electron chi connectivity index (χ1n) is 14.0. The van der Waals surface area contributed by atoms with Crippen molar-refractivity contribution in [1.82, 2.24) is 10.2 Å². The lowest BCUT2D eigenvalue weighted by Gasteiger charge is -2.33. The highest BCUT2D eigenvalue weighted by atomic mass is 35.5. The molecule has 0 heterocycles. The third-order valence-electron chi connectivity index (χ3n) is 7.32. The third kappa shape index (κ3) is 8.15. The number of hydrogen-bond donors (Lipinski definition) is 1. The number of halogens is 3. The summed E-state index contributed by atoms with van der Waals surface area (Å²) >= 11 is 18.4. The maximum absolute atomic E-state index is 14.2. The Hall–Kier alpha value is -2.98. The van der Waals surface area contributed by atoms with Crippen LogP contribution in [0, 0.1) is 0 Å². The van der Waals surface area contributed by atoms with E-state index >= 15 is 0 Å². The fourth-order valence-electron chi connectivity index (χ4n) is 5.00. The van der Waals surface area contributed by atoms with Crippen LogP contribution in [-0.2, 0) is 26.2 Å². The van der Waals surface area contributed by atoms with Crippen molar-refractivity contribution in [2.75, 3.05) is 17.5 Å². The van der Waals surface area contributed by atoms with Gasteiger partial charge in [0.2, 0.25) is 11.8 Å². The van der Waals surface area contributed by atoms with Crippen LogP contribution in [0.3, 0.4) is 0 Å². The molecule has 1 aliphatic carbocycles. The van der Waals surface area contributed by atoms with Crippen LogP contribution in [0.1, 0.15) is 45.1 Å². The first-order valence-corrected chi connectivity index (χ1v) is 16.6. The number of rotatable bonds is 12. The Labute approximate surface area is 267 Å². The van der Waals surface area contributed by atoms with Crippen molar-refractivity contribution < 1.29 is 22.7 Å². The highest BCUT2D eigenvalue weighted by Crippen LogP contribution is 2.33. The number of carbonyl (C=O) groups is 2. The molecular formula is C31H34Cl3N3O5S. The van der Waals surface area contributed by atoms with Crippen molar-refractivity contribution in [3.63, 3.8) is 0 Å². The first kappa shape index (κ1) is 32.9. The van der Waals surface area contributed by atoms with Gasteiger partial charge < -0.3 is 15.0 Å². The lowest BCUT2D eigenvalue weighted by atomic mass is 10.1.